The molecular formula is C20H21N3O2. The van der Waals surface area contributed by atoms with Gasteiger partial charge in [-0.3, -0.25) is 9.69 Å². The summed E-state index contributed by atoms with van der Waals surface area (Å²) < 4.78 is 5.47. The first kappa shape index (κ1) is 15.8. The highest BCUT2D eigenvalue weighted by atomic mass is 16.5. The van der Waals surface area contributed by atoms with Gasteiger partial charge in [0.15, 0.2) is 0 Å². The zero-order valence-corrected chi connectivity index (χ0v) is 14.2. The summed E-state index contributed by atoms with van der Waals surface area (Å²) in [6.45, 7) is 1.30. The molecule has 5 nitrogen and oxygen atoms in total. The molecule has 0 bridgehead atoms. The second-order valence-electron chi connectivity index (χ2n) is 6.48. The van der Waals surface area contributed by atoms with Crippen LogP contribution in [-0.4, -0.2) is 28.0 Å². The van der Waals surface area contributed by atoms with E-state index in [2.05, 4.69) is 20.9 Å². The summed E-state index contributed by atoms with van der Waals surface area (Å²) in [6.07, 6.45) is 2.33. The fourth-order valence-electron chi connectivity index (χ4n) is 3.17. The van der Waals surface area contributed by atoms with Gasteiger partial charge in [0, 0.05) is 24.7 Å². The third-order valence-electron chi connectivity index (χ3n) is 4.65. The van der Waals surface area contributed by atoms with Crippen molar-refractivity contribution in [1.82, 2.24) is 14.9 Å². The number of methoxy groups -OCH3 is 1. The molecule has 0 amide bonds. The van der Waals surface area contributed by atoms with Crippen molar-refractivity contribution in [2.75, 3.05) is 7.11 Å². The van der Waals surface area contributed by atoms with Gasteiger partial charge in [-0.2, -0.15) is 0 Å². The molecule has 3 aromatic rings. The molecular weight excluding hydrogens is 314 g/mol. The first-order valence-electron chi connectivity index (χ1n) is 8.58. The van der Waals surface area contributed by atoms with E-state index in [0.717, 1.165) is 28.9 Å². The number of ether oxygens (including phenoxy) is 1. The number of benzene rings is 2. The molecule has 1 saturated carbocycles. The van der Waals surface area contributed by atoms with Gasteiger partial charge in [-0.25, -0.2) is 4.98 Å². The summed E-state index contributed by atoms with van der Waals surface area (Å²) in [6, 6.07) is 16.2. The van der Waals surface area contributed by atoms with Crippen molar-refractivity contribution in [3.05, 3.63) is 70.1 Å². The molecule has 0 unspecified atom stereocenters. The summed E-state index contributed by atoms with van der Waals surface area (Å²) in [7, 11) is 1.69. The average Bonchev–Trinajstić information content (AvgIpc) is 3.47. The molecule has 0 spiro atoms. The second kappa shape index (κ2) is 6.69. The van der Waals surface area contributed by atoms with E-state index in [9.17, 15) is 4.79 Å². The third-order valence-corrected chi connectivity index (χ3v) is 4.65. The van der Waals surface area contributed by atoms with Crippen LogP contribution < -0.4 is 10.3 Å². The van der Waals surface area contributed by atoms with Gasteiger partial charge < -0.3 is 9.72 Å². The molecule has 1 aromatic heterocycles. The quantitative estimate of drug-likeness (QED) is 0.752. The largest absolute Gasteiger partial charge is 0.496 e. The number of hydrogen-bond acceptors (Lipinski definition) is 4. The Labute approximate surface area is 146 Å². The Morgan fingerprint density at radius 1 is 1.12 bits per heavy atom. The minimum Gasteiger partial charge on any atom is -0.496 e. The van der Waals surface area contributed by atoms with Crippen molar-refractivity contribution >= 4 is 11.0 Å². The Balaban J connectivity index is 1.62. The number of nitrogens with one attached hydrogen (secondary N) is 1. The predicted molar refractivity (Wildman–Crippen MR) is 97.6 cm³/mol. The number of rotatable bonds is 6. The summed E-state index contributed by atoms with van der Waals surface area (Å²) in [5.41, 5.74) is 3.20. The van der Waals surface area contributed by atoms with Gasteiger partial charge in [0.1, 0.15) is 11.4 Å². The first-order chi connectivity index (χ1) is 12.2. The summed E-state index contributed by atoms with van der Waals surface area (Å²) >= 11 is 0. The van der Waals surface area contributed by atoms with E-state index in [4.69, 9.17) is 4.74 Å². The molecule has 1 N–H and O–H groups in total. The molecule has 2 aromatic carbocycles. The zero-order valence-electron chi connectivity index (χ0n) is 14.2. The Hall–Kier alpha value is -2.66. The van der Waals surface area contributed by atoms with Crippen molar-refractivity contribution in [1.29, 1.82) is 0 Å². The van der Waals surface area contributed by atoms with Crippen molar-refractivity contribution in [3.8, 4) is 5.75 Å². The van der Waals surface area contributed by atoms with E-state index in [0.29, 0.717) is 18.3 Å². The van der Waals surface area contributed by atoms with Crippen LogP contribution in [0.15, 0.2) is 53.3 Å². The Kier molecular flexibility index (Phi) is 4.24. The highest BCUT2D eigenvalue weighted by Crippen LogP contribution is 2.31. The van der Waals surface area contributed by atoms with Gasteiger partial charge >= 0.3 is 0 Å². The molecule has 1 heterocycles. The fourth-order valence-corrected chi connectivity index (χ4v) is 3.17. The summed E-state index contributed by atoms with van der Waals surface area (Å²) in [5.74, 6) is 0.883. The lowest BCUT2D eigenvalue weighted by Gasteiger charge is -2.22. The van der Waals surface area contributed by atoms with Crippen LogP contribution in [0.4, 0.5) is 0 Å². The number of H-pyrrole nitrogens is 1. The van der Waals surface area contributed by atoms with Crippen LogP contribution in [0.2, 0.25) is 0 Å². The van der Waals surface area contributed by atoms with Crippen LogP contribution >= 0.6 is 0 Å². The van der Waals surface area contributed by atoms with Gasteiger partial charge in [-0.1, -0.05) is 30.3 Å². The topological polar surface area (TPSA) is 58.2 Å². The number of aromatic amines is 1. The van der Waals surface area contributed by atoms with E-state index in [-0.39, 0.29) is 5.56 Å². The summed E-state index contributed by atoms with van der Waals surface area (Å²) in [5, 5.41) is 0. The molecule has 1 aliphatic carbocycles. The second-order valence-corrected chi connectivity index (χ2v) is 6.48. The molecule has 1 fully saturated rings. The minimum absolute atomic E-state index is 0.107. The normalized spacial score (nSPS) is 14.2. The van der Waals surface area contributed by atoms with Gasteiger partial charge in [0.25, 0.3) is 5.56 Å². The van der Waals surface area contributed by atoms with E-state index >= 15 is 0 Å². The average molecular weight is 335 g/mol. The molecule has 4 rings (SSSR count). The van der Waals surface area contributed by atoms with E-state index in [1.807, 2.05) is 42.5 Å². The number of nitrogens with zero attached hydrogens (tertiary/aromatic N) is 2. The number of para-hydroxylation sites is 3. The van der Waals surface area contributed by atoms with Crippen molar-refractivity contribution in [2.45, 2.75) is 32.0 Å². The zero-order chi connectivity index (χ0) is 17.2. The third kappa shape index (κ3) is 3.42. The Morgan fingerprint density at radius 3 is 2.68 bits per heavy atom. The molecule has 5 heteroatoms. The molecule has 0 atom stereocenters. The lowest BCUT2D eigenvalue weighted by molar-refractivity contribution is 0.238. The molecule has 0 aliphatic heterocycles. The van der Waals surface area contributed by atoms with Crippen LogP contribution in [0, 0.1) is 0 Å². The van der Waals surface area contributed by atoms with E-state index in [1.165, 1.54) is 12.8 Å². The summed E-state index contributed by atoms with van der Waals surface area (Å²) in [4.78, 5) is 22.3. The van der Waals surface area contributed by atoms with Crippen LogP contribution in [0.3, 0.4) is 0 Å². The minimum atomic E-state index is -0.107. The maximum absolute atomic E-state index is 12.4. The SMILES string of the molecule is COc1ccccc1CN(Cc1nc2ccccc2[nH]c1=O)C1CC1. The lowest BCUT2D eigenvalue weighted by Crippen LogP contribution is -2.29. The van der Waals surface area contributed by atoms with Crippen LogP contribution in [-0.2, 0) is 13.1 Å². The Bertz CT molecular complexity index is 947. The smallest absolute Gasteiger partial charge is 0.271 e. The van der Waals surface area contributed by atoms with Gasteiger partial charge in [0.2, 0.25) is 0 Å². The van der Waals surface area contributed by atoms with E-state index < -0.39 is 0 Å². The number of fused-ring (bicyclic) bond motifs is 1. The van der Waals surface area contributed by atoms with Crippen LogP contribution in [0.25, 0.3) is 11.0 Å². The van der Waals surface area contributed by atoms with Gasteiger partial charge in [-0.15, -0.1) is 0 Å². The number of hydrogen-bond donors (Lipinski definition) is 1. The van der Waals surface area contributed by atoms with Crippen molar-refractivity contribution < 1.29 is 4.74 Å². The first-order valence-corrected chi connectivity index (χ1v) is 8.58. The van der Waals surface area contributed by atoms with Gasteiger partial charge in [-0.05, 0) is 31.0 Å². The van der Waals surface area contributed by atoms with Crippen LogP contribution in [0.5, 0.6) is 5.75 Å². The highest BCUT2D eigenvalue weighted by Gasteiger charge is 2.30. The number of aromatic nitrogens is 2. The molecule has 0 radical (unpaired) electrons. The monoisotopic (exact) mass is 335 g/mol. The van der Waals surface area contributed by atoms with Crippen LogP contribution in [0.1, 0.15) is 24.1 Å². The van der Waals surface area contributed by atoms with Gasteiger partial charge in [0.05, 0.1) is 18.1 Å². The fraction of sp³-hybridized carbons (Fsp3) is 0.300. The van der Waals surface area contributed by atoms with E-state index in [1.54, 1.807) is 7.11 Å². The predicted octanol–water partition coefficient (Wildman–Crippen LogP) is 3.10. The molecule has 0 saturated heterocycles. The molecule has 128 valence electrons. The standard InChI is InChI=1S/C20H21N3O2/c1-25-19-9-5-2-6-14(19)12-23(15-10-11-15)13-18-20(24)22-17-8-4-3-7-16(17)21-18/h2-9,15H,10-13H2,1H3,(H,22,24). The molecule has 25 heavy (non-hydrogen) atoms. The lowest BCUT2D eigenvalue weighted by atomic mass is 10.1. The van der Waals surface area contributed by atoms with Crippen molar-refractivity contribution in [3.63, 3.8) is 0 Å². The maximum Gasteiger partial charge on any atom is 0.271 e. The highest BCUT2D eigenvalue weighted by molar-refractivity contribution is 5.73. The Morgan fingerprint density at radius 2 is 1.88 bits per heavy atom. The maximum atomic E-state index is 12.4. The molecule has 1 aliphatic rings. The van der Waals surface area contributed by atoms with Crippen molar-refractivity contribution in [2.24, 2.45) is 0 Å².